The fraction of sp³-hybridized carbons (Fsp3) is 0.440. The van der Waals surface area contributed by atoms with Gasteiger partial charge in [0.15, 0.2) is 0 Å². The first-order valence-corrected chi connectivity index (χ1v) is 13.5. The van der Waals surface area contributed by atoms with Gasteiger partial charge in [0, 0.05) is 18.1 Å². The number of nitrogens with zero attached hydrogens (tertiary/aromatic N) is 2. The van der Waals surface area contributed by atoms with Gasteiger partial charge in [-0.05, 0) is 56.5 Å². The minimum Gasteiger partial charge on any atom is -0.354 e. The largest absolute Gasteiger partial charge is 0.354 e. The molecule has 0 radical (unpaired) electrons. The van der Waals surface area contributed by atoms with Crippen molar-refractivity contribution in [1.29, 1.82) is 0 Å². The zero-order valence-electron chi connectivity index (χ0n) is 20.5. The van der Waals surface area contributed by atoms with Crippen LogP contribution in [0, 0.1) is 13.8 Å². The Labute approximate surface area is 208 Å². The Hall–Kier alpha value is -2.58. The summed E-state index contributed by atoms with van der Waals surface area (Å²) in [6.07, 6.45) is 2.84. The number of hydrogen-bond acceptors (Lipinski definition) is 4. The van der Waals surface area contributed by atoms with Crippen molar-refractivity contribution >= 4 is 39.1 Å². The third-order valence-electron chi connectivity index (χ3n) is 5.56. The van der Waals surface area contributed by atoms with Crippen molar-refractivity contribution in [3.63, 3.8) is 0 Å². The van der Waals surface area contributed by atoms with Crippen molar-refractivity contribution in [3.05, 3.63) is 64.2 Å². The zero-order valence-corrected chi connectivity index (χ0v) is 22.0. The number of hydrogen-bond donors (Lipinski definition) is 1. The van der Waals surface area contributed by atoms with E-state index in [0.29, 0.717) is 17.3 Å². The van der Waals surface area contributed by atoms with Gasteiger partial charge in [-0.2, -0.15) is 0 Å². The lowest BCUT2D eigenvalue weighted by molar-refractivity contribution is -0.139. The van der Waals surface area contributed by atoms with Crippen LogP contribution in [0.25, 0.3) is 0 Å². The highest BCUT2D eigenvalue weighted by atomic mass is 35.5. The Bertz CT molecular complexity index is 1100. The molecule has 0 aliphatic heterocycles. The van der Waals surface area contributed by atoms with Crippen molar-refractivity contribution in [3.8, 4) is 0 Å². The van der Waals surface area contributed by atoms with Crippen LogP contribution in [0.1, 0.15) is 43.4 Å². The van der Waals surface area contributed by atoms with E-state index in [0.717, 1.165) is 40.1 Å². The number of sulfonamides is 1. The second kappa shape index (κ2) is 12.2. The quantitative estimate of drug-likeness (QED) is 0.465. The molecule has 0 aliphatic carbocycles. The number of nitrogens with one attached hydrogen (secondary N) is 1. The topological polar surface area (TPSA) is 86.8 Å². The number of carbonyl (C=O) groups excluding carboxylic acids is 2. The average molecular weight is 508 g/mol. The van der Waals surface area contributed by atoms with Crippen LogP contribution in [0.4, 0.5) is 5.69 Å². The highest BCUT2D eigenvalue weighted by Gasteiger charge is 2.30. The monoisotopic (exact) mass is 507 g/mol. The number of aryl methyl sites for hydroxylation is 2. The maximum absolute atomic E-state index is 13.5. The lowest BCUT2D eigenvalue weighted by atomic mass is 10.1. The number of unbranched alkanes of at least 4 members (excludes halogenated alkanes) is 1. The second-order valence-corrected chi connectivity index (χ2v) is 10.9. The Balaban J connectivity index is 2.37. The number of halogens is 1. The summed E-state index contributed by atoms with van der Waals surface area (Å²) >= 11 is 5.99. The first-order valence-electron chi connectivity index (χ1n) is 11.3. The normalized spacial score (nSPS) is 12.2. The van der Waals surface area contributed by atoms with Crippen LogP contribution in [0.2, 0.25) is 5.02 Å². The van der Waals surface area contributed by atoms with E-state index < -0.39 is 28.5 Å². The molecule has 7 nitrogen and oxygen atoms in total. The number of amides is 2. The number of carbonyl (C=O) groups is 2. The van der Waals surface area contributed by atoms with E-state index in [2.05, 4.69) is 5.32 Å². The van der Waals surface area contributed by atoms with Crippen molar-refractivity contribution in [2.45, 2.75) is 53.1 Å². The molecule has 0 fully saturated rings. The molecule has 0 saturated heterocycles. The van der Waals surface area contributed by atoms with Gasteiger partial charge < -0.3 is 10.2 Å². The second-order valence-electron chi connectivity index (χ2n) is 8.53. The minimum atomic E-state index is -3.76. The first-order chi connectivity index (χ1) is 15.9. The van der Waals surface area contributed by atoms with E-state index in [1.165, 1.54) is 4.90 Å². The van der Waals surface area contributed by atoms with Gasteiger partial charge in [-0.25, -0.2) is 8.42 Å². The molecular formula is C25H34ClN3O4S. The van der Waals surface area contributed by atoms with E-state index in [-0.39, 0.29) is 12.5 Å². The molecule has 0 aliphatic rings. The molecule has 1 N–H and O–H groups in total. The predicted molar refractivity (Wildman–Crippen MR) is 137 cm³/mol. The Morgan fingerprint density at radius 2 is 1.74 bits per heavy atom. The Kier molecular flexibility index (Phi) is 9.94. The van der Waals surface area contributed by atoms with E-state index in [9.17, 15) is 18.0 Å². The standard InChI is InChI=1S/C25H34ClN3O4S/c1-6-7-14-27-25(31)20(4)28(16-21-9-11-22(26)12-10-21)24(30)17-29(34(5,32)33)23-13-8-18(2)15-19(23)3/h8-13,15,20H,6-7,14,16-17H2,1-5H3,(H,27,31)/t20-/m1/s1. The van der Waals surface area contributed by atoms with Gasteiger partial charge in [0.25, 0.3) is 0 Å². The summed E-state index contributed by atoms with van der Waals surface area (Å²) < 4.78 is 26.4. The Morgan fingerprint density at radius 3 is 2.29 bits per heavy atom. The maximum Gasteiger partial charge on any atom is 0.244 e. The van der Waals surface area contributed by atoms with E-state index >= 15 is 0 Å². The number of benzene rings is 2. The molecular weight excluding hydrogens is 474 g/mol. The van der Waals surface area contributed by atoms with Gasteiger partial charge in [0.1, 0.15) is 12.6 Å². The SMILES string of the molecule is CCCCNC(=O)[C@@H](C)N(Cc1ccc(Cl)cc1)C(=O)CN(c1ccc(C)cc1C)S(C)(=O)=O. The molecule has 0 aromatic heterocycles. The minimum absolute atomic E-state index is 0.142. The molecule has 1 atom stereocenters. The average Bonchev–Trinajstić information content (AvgIpc) is 2.76. The molecule has 2 rings (SSSR count). The highest BCUT2D eigenvalue weighted by Crippen LogP contribution is 2.24. The lowest BCUT2D eigenvalue weighted by Gasteiger charge is -2.32. The summed E-state index contributed by atoms with van der Waals surface area (Å²) in [6, 6.07) is 11.6. The highest BCUT2D eigenvalue weighted by molar-refractivity contribution is 7.92. The van der Waals surface area contributed by atoms with Crippen molar-refractivity contribution < 1.29 is 18.0 Å². The van der Waals surface area contributed by atoms with Crippen molar-refractivity contribution in [2.75, 3.05) is 23.7 Å². The van der Waals surface area contributed by atoms with Crippen LogP contribution in [0.15, 0.2) is 42.5 Å². The van der Waals surface area contributed by atoms with Crippen LogP contribution in [-0.2, 0) is 26.2 Å². The molecule has 0 spiro atoms. The van der Waals surface area contributed by atoms with Gasteiger partial charge in [0.2, 0.25) is 21.8 Å². The summed E-state index contributed by atoms with van der Waals surface area (Å²) in [5.74, 6) is -0.758. The summed E-state index contributed by atoms with van der Waals surface area (Å²) in [6.45, 7) is 7.64. The van der Waals surface area contributed by atoms with Crippen LogP contribution in [0.5, 0.6) is 0 Å². The summed E-state index contributed by atoms with van der Waals surface area (Å²) in [4.78, 5) is 27.7. The van der Waals surface area contributed by atoms with Gasteiger partial charge in [-0.15, -0.1) is 0 Å². The molecule has 9 heteroatoms. The Morgan fingerprint density at radius 1 is 1.09 bits per heavy atom. The van der Waals surface area contributed by atoms with Crippen LogP contribution >= 0.6 is 11.6 Å². The van der Waals surface area contributed by atoms with Gasteiger partial charge in [0.05, 0.1) is 11.9 Å². The first kappa shape index (κ1) is 27.7. The fourth-order valence-electron chi connectivity index (χ4n) is 3.59. The summed E-state index contributed by atoms with van der Waals surface area (Å²) in [7, 11) is -3.76. The van der Waals surface area contributed by atoms with Crippen molar-refractivity contribution in [1.82, 2.24) is 10.2 Å². The predicted octanol–water partition coefficient (Wildman–Crippen LogP) is 4.06. The molecule has 186 valence electrons. The third kappa shape index (κ3) is 7.74. The molecule has 2 aromatic carbocycles. The lowest BCUT2D eigenvalue weighted by Crippen LogP contribution is -2.51. The van der Waals surface area contributed by atoms with E-state index in [1.807, 2.05) is 19.9 Å². The molecule has 0 heterocycles. The molecule has 2 amide bonds. The van der Waals surface area contributed by atoms with Crippen LogP contribution < -0.4 is 9.62 Å². The molecule has 0 saturated carbocycles. The van der Waals surface area contributed by atoms with Crippen LogP contribution in [-0.4, -0.2) is 50.5 Å². The van der Waals surface area contributed by atoms with Gasteiger partial charge >= 0.3 is 0 Å². The summed E-state index contributed by atoms with van der Waals surface area (Å²) in [5, 5.41) is 3.42. The fourth-order valence-corrected chi connectivity index (χ4v) is 4.62. The van der Waals surface area contributed by atoms with E-state index in [1.54, 1.807) is 50.2 Å². The van der Waals surface area contributed by atoms with Gasteiger partial charge in [-0.1, -0.05) is 54.8 Å². The van der Waals surface area contributed by atoms with Crippen molar-refractivity contribution in [2.24, 2.45) is 0 Å². The molecule has 34 heavy (non-hydrogen) atoms. The molecule has 0 bridgehead atoms. The molecule has 2 aromatic rings. The van der Waals surface area contributed by atoms with E-state index in [4.69, 9.17) is 11.6 Å². The van der Waals surface area contributed by atoms with Gasteiger partial charge in [-0.3, -0.25) is 13.9 Å². The molecule has 0 unspecified atom stereocenters. The maximum atomic E-state index is 13.5. The zero-order chi connectivity index (χ0) is 25.5. The van der Waals surface area contributed by atoms with Crippen LogP contribution in [0.3, 0.4) is 0 Å². The number of rotatable bonds is 11. The third-order valence-corrected chi connectivity index (χ3v) is 6.94. The summed E-state index contributed by atoms with van der Waals surface area (Å²) in [5.41, 5.74) is 2.95. The smallest absolute Gasteiger partial charge is 0.244 e. The number of anilines is 1.